The molecule has 3 atom stereocenters. The zero-order chi connectivity index (χ0) is 32.1. The SMILES string of the molecule is CCc1cc(F)cc(CC)c1NC(=O)CN1C[C@H](c2cc(OC)c3c(c2)OCO3)C(C(=O)O)[C@@H]1c1ccccc1OCCOC. The predicted octanol–water partition coefficient (Wildman–Crippen LogP) is 5.19. The number of likely N-dealkylation sites (tertiary alicyclic amines) is 1. The van der Waals surface area contributed by atoms with Crippen LogP contribution in [0, 0.1) is 11.7 Å². The molecule has 240 valence electrons. The highest BCUT2D eigenvalue weighted by Gasteiger charge is 2.49. The van der Waals surface area contributed by atoms with E-state index in [9.17, 15) is 19.1 Å². The molecule has 1 unspecified atom stereocenters. The number of carboxylic acid groups (broad SMARTS) is 1. The Balaban J connectivity index is 1.55. The average molecular weight is 623 g/mol. The molecular weight excluding hydrogens is 583 g/mol. The molecule has 3 aromatic carbocycles. The molecule has 10 nitrogen and oxygen atoms in total. The summed E-state index contributed by atoms with van der Waals surface area (Å²) in [5.41, 5.74) is 3.33. The Kier molecular flexibility index (Phi) is 10.1. The lowest BCUT2D eigenvalue weighted by molar-refractivity contribution is -0.143. The third-order valence-corrected chi connectivity index (χ3v) is 8.41. The second-order valence-corrected chi connectivity index (χ2v) is 11.0. The number of hydrogen-bond donors (Lipinski definition) is 2. The number of halogens is 1. The van der Waals surface area contributed by atoms with Crippen LogP contribution in [0.15, 0.2) is 48.5 Å². The lowest BCUT2D eigenvalue weighted by Crippen LogP contribution is -2.35. The van der Waals surface area contributed by atoms with E-state index in [1.165, 1.54) is 19.2 Å². The fourth-order valence-corrected chi connectivity index (χ4v) is 6.36. The fourth-order valence-electron chi connectivity index (χ4n) is 6.36. The number of rotatable bonds is 13. The molecular formula is C34H39FN2O8. The molecule has 0 aliphatic carbocycles. The van der Waals surface area contributed by atoms with Gasteiger partial charge >= 0.3 is 5.97 Å². The van der Waals surface area contributed by atoms with E-state index in [0.29, 0.717) is 70.4 Å². The second-order valence-electron chi connectivity index (χ2n) is 11.0. The van der Waals surface area contributed by atoms with Crippen LogP contribution in [0.4, 0.5) is 10.1 Å². The predicted molar refractivity (Wildman–Crippen MR) is 165 cm³/mol. The number of amides is 1. The van der Waals surface area contributed by atoms with Gasteiger partial charge in [-0.3, -0.25) is 14.5 Å². The third-order valence-electron chi connectivity index (χ3n) is 8.41. The number of anilines is 1. The summed E-state index contributed by atoms with van der Waals surface area (Å²) in [5, 5.41) is 13.8. The van der Waals surface area contributed by atoms with Crippen molar-refractivity contribution in [2.75, 3.05) is 52.6 Å². The fraction of sp³-hybridized carbons (Fsp3) is 0.412. The van der Waals surface area contributed by atoms with Gasteiger partial charge < -0.3 is 34.1 Å². The summed E-state index contributed by atoms with van der Waals surface area (Å²) in [6, 6.07) is 13.0. The second kappa shape index (κ2) is 14.2. The zero-order valence-corrected chi connectivity index (χ0v) is 25.9. The molecule has 1 saturated heterocycles. The van der Waals surface area contributed by atoms with Crippen LogP contribution < -0.4 is 24.3 Å². The molecule has 0 spiro atoms. The van der Waals surface area contributed by atoms with Gasteiger partial charge in [0.25, 0.3) is 0 Å². The monoisotopic (exact) mass is 622 g/mol. The van der Waals surface area contributed by atoms with Crippen molar-refractivity contribution in [2.45, 2.75) is 38.6 Å². The maximum Gasteiger partial charge on any atom is 0.309 e. The molecule has 2 N–H and O–H groups in total. The molecule has 3 aromatic rings. The first-order valence-electron chi connectivity index (χ1n) is 15.1. The first kappa shape index (κ1) is 32.1. The molecule has 1 amide bonds. The number of nitrogens with one attached hydrogen (secondary N) is 1. The van der Waals surface area contributed by atoms with E-state index in [4.69, 9.17) is 23.7 Å². The van der Waals surface area contributed by atoms with Crippen molar-refractivity contribution in [1.29, 1.82) is 0 Å². The minimum Gasteiger partial charge on any atom is -0.493 e. The van der Waals surface area contributed by atoms with Gasteiger partial charge in [-0.15, -0.1) is 0 Å². The molecule has 0 bridgehead atoms. The summed E-state index contributed by atoms with van der Waals surface area (Å²) in [5.74, 6) is -1.31. The Hall–Kier alpha value is -4.35. The van der Waals surface area contributed by atoms with Crippen molar-refractivity contribution >= 4 is 17.6 Å². The lowest BCUT2D eigenvalue weighted by atomic mass is 9.82. The number of benzene rings is 3. The summed E-state index contributed by atoms with van der Waals surface area (Å²) in [6.45, 7) is 4.60. The Bertz CT molecular complexity index is 1520. The topological polar surface area (TPSA) is 116 Å². The summed E-state index contributed by atoms with van der Waals surface area (Å²) in [6.07, 6.45) is 1.07. The molecule has 0 saturated carbocycles. The number of nitrogens with zero attached hydrogens (tertiary/aromatic N) is 1. The van der Waals surface area contributed by atoms with Crippen LogP contribution in [0.25, 0.3) is 0 Å². The van der Waals surface area contributed by atoms with Gasteiger partial charge in [-0.25, -0.2) is 4.39 Å². The molecule has 11 heteroatoms. The van der Waals surface area contributed by atoms with Gasteiger partial charge in [-0.2, -0.15) is 0 Å². The highest BCUT2D eigenvalue weighted by atomic mass is 19.1. The summed E-state index contributed by atoms with van der Waals surface area (Å²) < 4.78 is 42.2. The van der Waals surface area contributed by atoms with Crippen LogP contribution in [-0.2, 0) is 27.2 Å². The van der Waals surface area contributed by atoms with Crippen LogP contribution in [-0.4, -0.2) is 69.2 Å². The average Bonchev–Trinajstić information content (AvgIpc) is 3.66. The van der Waals surface area contributed by atoms with Gasteiger partial charge in [-0.1, -0.05) is 32.0 Å². The van der Waals surface area contributed by atoms with Crippen LogP contribution in [0.1, 0.15) is 48.1 Å². The minimum atomic E-state index is -1.02. The van der Waals surface area contributed by atoms with E-state index in [2.05, 4.69) is 5.32 Å². The summed E-state index contributed by atoms with van der Waals surface area (Å²) >= 11 is 0. The maximum atomic E-state index is 14.3. The van der Waals surface area contributed by atoms with E-state index in [-0.39, 0.29) is 38.2 Å². The first-order valence-corrected chi connectivity index (χ1v) is 15.1. The van der Waals surface area contributed by atoms with E-state index in [0.717, 1.165) is 0 Å². The smallest absolute Gasteiger partial charge is 0.309 e. The number of para-hydroxylation sites is 1. The van der Waals surface area contributed by atoms with Crippen molar-refractivity contribution in [3.05, 3.63) is 76.6 Å². The van der Waals surface area contributed by atoms with Crippen molar-refractivity contribution < 1.29 is 42.8 Å². The number of methoxy groups -OCH3 is 2. The number of carbonyl (C=O) groups is 2. The number of aliphatic carboxylic acids is 1. The van der Waals surface area contributed by atoms with E-state index in [1.54, 1.807) is 25.3 Å². The van der Waals surface area contributed by atoms with Gasteiger partial charge in [0, 0.05) is 30.8 Å². The van der Waals surface area contributed by atoms with Gasteiger partial charge in [-0.05, 0) is 59.9 Å². The van der Waals surface area contributed by atoms with Gasteiger partial charge in [0.15, 0.2) is 11.5 Å². The Labute approximate surface area is 262 Å². The summed E-state index contributed by atoms with van der Waals surface area (Å²) in [4.78, 5) is 28.7. The number of carboxylic acids is 1. The van der Waals surface area contributed by atoms with Crippen LogP contribution in [0.2, 0.25) is 0 Å². The Morgan fingerprint density at radius 3 is 2.42 bits per heavy atom. The van der Waals surface area contributed by atoms with Gasteiger partial charge in [0.1, 0.15) is 18.2 Å². The zero-order valence-electron chi connectivity index (χ0n) is 25.9. The summed E-state index contributed by atoms with van der Waals surface area (Å²) in [7, 11) is 3.09. The van der Waals surface area contributed by atoms with E-state index >= 15 is 0 Å². The van der Waals surface area contributed by atoms with Crippen molar-refractivity contribution in [2.24, 2.45) is 5.92 Å². The molecule has 2 aliphatic rings. The minimum absolute atomic E-state index is 0.0339. The number of fused-ring (bicyclic) bond motifs is 1. The molecule has 45 heavy (non-hydrogen) atoms. The Morgan fingerprint density at radius 2 is 1.76 bits per heavy atom. The van der Waals surface area contributed by atoms with Crippen LogP contribution >= 0.6 is 0 Å². The molecule has 0 radical (unpaired) electrons. The van der Waals surface area contributed by atoms with Gasteiger partial charge in [0.2, 0.25) is 18.4 Å². The highest BCUT2D eigenvalue weighted by molar-refractivity contribution is 5.94. The Morgan fingerprint density at radius 1 is 1.02 bits per heavy atom. The van der Waals surface area contributed by atoms with Crippen LogP contribution in [0.5, 0.6) is 23.0 Å². The molecule has 1 fully saturated rings. The number of carbonyl (C=O) groups excluding carboxylic acids is 1. The standard InChI is InChI=1S/C34H39FN2O8/c1-5-20-13-23(35)14-21(6-2)31(20)36-29(38)18-37-17-25(22-15-27(42-4)33-28(16-22)44-19-45-33)30(34(39)40)32(37)24-9-7-8-10-26(24)43-12-11-41-3/h7-10,13-16,25,30,32H,5-6,11-12,17-19H2,1-4H3,(H,36,38)(H,39,40)/t25-,30?,32+/m1/s1. The van der Waals surface area contributed by atoms with Gasteiger partial charge in [0.05, 0.1) is 32.2 Å². The first-order chi connectivity index (χ1) is 21.8. The van der Waals surface area contributed by atoms with Crippen LogP contribution in [0.3, 0.4) is 0 Å². The number of aryl methyl sites for hydroxylation is 2. The quantitative estimate of drug-likeness (QED) is 0.249. The normalized spacial score (nSPS) is 19.0. The van der Waals surface area contributed by atoms with E-state index < -0.39 is 23.8 Å². The molecule has 5 rings (SSSR count). The third kappa shape index (κ3) is 6.69. The number of hydrogen-bond acceptors (Lipinski definition) is 8. The lowest BCUT2D eigenvalue weighted by Gasteiger charge is -2.28. The largest absolute Gasteiger partial charge is 0.493 e. The molecule has 2 aliphatic heterocycles. The maximum absolute atomic E-state index is 14.3. The van der Waals surface area contributed by atoms with Crippen molar-refractivity contribution in [3.8, 4) is 23.0 Å². The molecule has 2 heterocycles. The van der Waals surface area contributed by atoms with E-state index in [1.807, 2.05) is 36.9 Å². The molecule has 0 aromatic heterocycles. The highest BCUT2D eigenvalue weighted by Crippen LogP contribution is 2.51. The van der Waals surface area contributed by atoms with Crippen molar-refractivity contribution in [1.82, 2.24) is 4.90 Å². The van der Waals surface area contributed by atoms with Crippen molar-refractivity contribution in [3.63, 3.8) is 0 Å². The number of ether oxygens (including phenoxy) is 5.